The lowest BCUT2D eigenvalue weighted by molar-refractivity contribution is -0.150. The van der Waals surface area contributed by atoms with Gasteiger partial charge < -0.3 is 25.0 Å². The molecule has 0 radical (unpaired) electrons. The minimum atomic E-state index is -0.782. The summed E-state index contributed by atoms with van der Waals surface area (Å²) < 4.78 is 5.09. The average Bonchev–Trinajstić information content (AvgIpc) is 3.51. The summed E-state index contributed by atoms with van der Waals surface area (Å²) in [7, 11) is 1.62. The van der Waals surface area contributed by atoms with Crippen LogP contribution in [0.5, 0.6) is 0 Å². The van der Waals surface area contributed by atoms with E-state index in [-0.39, 0.29) is 37.2 Å². The topological polar surface area (TPSA) is 115 Å². The fraction of sp³-hybridized carbons (Fsp3) is 0.538. The van der Waals surface area contributed by atoms with Gasteiger partial charge in [0.1, 0.15) is 12.1 Å². The van der Waals surface area contributed by atoms with Gasteiger partial charge >= 0.3 is 0 Å². The Bertz CT molecular complexity index is 1110. The van der Waals surface area contributed by atoms with Crippen molar-refractivity contribution in [2.24, 2.45) is 0 Å². The van der Waals surface area contributed by atoms with E-state index in [1.165, 1.54) is 4.90 Å². The summed E-state index contributed by atoms with van der Waals surface area (Å²) in [6.45, 7) is 6.57. The Morgan fingerprint density at radius 1 is 1.27 bits per heavy atom. The number of hydrogen-bond acceptors (Lipinski definition) is 8. The number of β-amino-alcohol motifs (C(OH)–C–C–N with tert-alkyl or cyclic N) is 1. The van der Waals surface area contributed by atoms with Crippen molar-refractivity contribution >= 4 is 29.1 Å². The van der Waals surface area contributed by atoms with E-state index in [9.17, 15) is 19.5 Å². The Morgan fingerprint density at radius 3 is 2.68 bits per heavy atom. The number of carbonyl (C=O) groups excluding carboxylic acids is 3. The molecule has 2 saturated heterocycles. The number of aryl methyl sites for hydroxylation is 1. The third kappa shape index (κ3) is 6.35. The summed E-state index contributed by atoms with van der Waals surface area (Å²) in [5, 5.41) is 13.2. The second-order valence-electron chi connectivity index (χ2n) is 9.61. The molecule has 0 saturated carbocycles. The van der Waals surface area contributed by atoms with Crippen molar-refractivity contribution in [3.05, 3.63) is 41.0 Å². The van der Waals surface area contributed by atoms with Crippen LogP contribution in [-0.4, -0.2) is 107 Å². The number of hydrogen-bond donors (Lipinski definition) is 2. The van der Waals surface area contributed by atoms with E-state index < -0.39 is 18.2 Å². The third-order valence-corrected chi connectivity index (χ3v) is 8.04. The van der Waals surface area contributed by atoms with Crippen molar-refractivity contribution in [2.45, 2.75) is 45.0 Å². The Morgan fingerprint density at radius 2 is 2.03 bits per heavy atom. The number of carbonyl (C=O) groups is 3. The Labute approximate surface area is 221 Å². The highest BCUT2D eigenvalue weighted by molar-refractivity contribution is 7.13. The van der Waals surface area contributed by atoms with Crippen molar-refractivity contribution < 1.29 is 24.2 Å². The van der Waals surface area contributed by atoms with Crippen LogP contribution in [-0.2, 0) is 25.7 Å². The SMILES string of the molecule is COCCN1CCN(C(C)C(=O)N2C[C@H](O)C[C@H]2C(=O)NCc2ccc(-c3scnc3C)cc2)C(=O)C1. The third-order valence-electron chi connectivity index (χ3n) is 7.07. The van der Waals surface area contributed by atoms with Gasteiger partial charge in [0.15, 0.2) is 0 Å². The van der Waals surface area contributed by atoms with Crippen molar-refractivity contribution in [1.29, 1.82) is 0 Å². The summed E-state index contributed by atoms with van der Waals surface area (Å²) in [4.78, 5) is 49.5. The first kappa shape index (κ1) is 27.2. The minimum Gasteiger partial charge on any atom is -0.391 e. The zero-order valence-electron chi connectivity index (χ0n) is 21.6. The highest BCUT2D eigenvalue weighted by atomic mass is 32.1. The molecule has 1 aromatic carbocycles. The van der Waals surface area contributed by atoms with Gasteiger partial charge in [-0.1, -0.05) is 24.3 Å². The molecule has 3 atom stereocenters. The molecule has 2 fully saturated rings. The smallest absolute Gasteiger partial charge is 0.245 e. The van der Waals surface area contributed by atoms with Gasteiger partial charge in [-0.25, -0.2) is 4.98 Å². The average molecular weight is 530 g/mol. The molecule has 2 aliphatic heterocycles. The molecule has 3 amide bonds. The van der Waals surface area contributed by atoms with Crippen LogP contribution in [0.15, 0.2) is 29.8 Å². The number of nitrogens with zero attached hydrogens (tertiary/aromatic N) is 4. The molecule has 0 bridgehead atoms. The van der Waals surface area contributed by atoms with Crippen LogP contribution in [0, 0.1) is 6.92 Å². The van der Waals surface area contributed by atoms with E-state index in [2.05, 4.69) is 10.3 Å². The number of aliphatic hydroxyl groups is 1. The maximum absolute atomic E-state index is 13.4. The lowest BCUT2D eigenvalue weighted by atomic mass is 10.1. The number of piperazine rings is 1. The molecule has 10 nitrogen and oxygen atoms in total. The molecule has 200 valence electrons. The number of rotatable bonds is 9. The Kier molecular flexibility index (Phi) is 8.91. The van der Waals surface area contributed by atoms with Crippen LogP contribution in [0.4, 0.5) is 0 Å². The van der Waals surface area contributed by atoms with E-state index in [1.807, 2.05) is 41.6 Å². The second kappa shape index (κ2) is 12.1. The molecule has 2 aliphatic rings. The molecular weight excluding hydrogens is 494 g/mol. The van der Waals surface area contributed by atoms with Crippen LogP contribution >= 0.6 is 11.3 Å². The zero-order chi connectivity index (χ0) is 26.5. The van der Waals surface area contributed by atoms with Crippen molar-refractivity contribution in [1.82, 2.24) is 25.0 Å². The number of methoxy groups -OCH3 is 1. The quantitative estimate of drug-likeness (QED) is 0.496. The number of ether oxygens (including phenoxy) is 1. The van der Waals surface area contributed by atoms with Crippen molar-refractivity contribution in [3.63, 3.8) is 0 Å². The van der Waals surface area contributed by atoms with Crippen LogP contribution in [0.2, 0.25) is 0 Å². The molecule has 4 rings (SSSR count). The van der Waals surface area contributed by atoms with Gasteiger partial charge in [-0.15, -0.1) is 11.3 Å². The molecule has 0 aliphatic carbocycles. The predicted octanol–water partition coefficient (Wildman–Crippen LogP) is 0.876. The molecule has 11 heteroatoms. The van der Waals surface area contributed by atoms with E-state index >= 15 is 0 Å². The summed E-state index contributed by atoms with van der Waals surface area (Å²) in [5.74, 6) is -0.754. The highest BCUT2D eigenvalue weighted by Crippen LogP contribution is 2.27. The normalized spacial score (nSPS) is 21.4. The fourth-order valence-corrected chi connectivity index (χ4v) is 5.71. The largest absolute Gasteiger partial charge is 0.391 e. The maximum Gasteiger partial charge on any atom is 0.245 e. The number of aromatic nitrogens is 1. The standard InChI is InChI=1S/C26H35N5O5S/c1-17-24(37-16-28-17)20-6-4-19(5-7-20)13-27-25(34)22-12-21(32)14-31(22)26(35)18(2)30-9-8-29(10-11-36-3)15-23(30)33/h4-7,16,18,21-22,32H,8-15H2,1-3H3,(H,27,34)/t18?,21-,22+/m1/s1. The number of aliphatic hydroxyl groups excluding tert-OH is 1. The van der Waals surface area contributed by atoms with Crippen molar-refractivity contribution in [3.8, 4) is 10.4 Å². The fourth-order valence-electron chi connectivity index (χ4n) is 4.90. The number of likely N-dealkylation sites (tertiary alicyclic amines) is 1. The lowest BCUT2D eigenvalue weighted by Crippen LogP contribution is -2.59. The van der Waals surface area contributed by atoms with E-state index in [0.29, 0.717) is 32.8 Å². The first-order valence-electron chi connectivity index (χ1n) is 12.5. The van der Waals surface area contributed by atoms with Gasteiger partial charge in [0.05, 0.1) is 35.3 Å². The van der Waals surface area contributed by atoms with Gasteiger partial charge in [-0.2, -0.15) is 0 Å². The second-order valence-corrected chi connectivity index (χ2v) is 10.5. The predicted molar refractivity (Wildman–Crippen MR) is 140 cm³/mol. The first-order valence-corrected chi connectivity index (χ1v) is 13.4. The first-order chi connectivity index (χ1) is 17.8. The van der Waals surface area contributed by atoms with Crippen LogP contribution in [0.25, 0.3) is 10.4 Å². The van der Waals surface area contributed by atoms with Crippen LogP contribution in [0.1, 0.15) is 24.6 Å². The monoisotopic (exact) mass is 529 g/mol. The number of nitrogens with one attached hydrogen (secondary N) is 1. The van der Waals surface area contributed by atoms with Crippen LogP contribution in [0.3, 0.4) is 0 Å². The van der Waals surface area contributed by atoms with E-state index in [1.54, 1.807) is 30.3 Å². The molecule has 1 unspecified atom stereocenters. The molecule has 37 heavy (non-hydrogen) atoms. The number of thiazole rings is 1. The summed E-state index contributed by atoms with van der Waals surface area (Å²) >= 11 is 1.59. The maximum atomic E-state index is 13.4. The highest BCUT2D eigenvalue weighted by Gasteiger charge is 2.42. The van der Waals surface area contributed by atoms with Gasteiger partial charge in [-0.3, -0.25) is 19.3 Å². The Balaban J connectivity index is 1.34. The van der Waals surface area contributed by atoms with Crippen molar-refractivity contribution in [2.75, 3.05) is 46.4 Å². The summed E-state index contributed by atoms with van der Waals surface area (Å²) in [6.07, 6.45) is -0.609. The van der Waals surface area contributed by atoms with Gasteiger partial charge in [0.2, 0.25) is 17.7 Å². The lowest BCUT2D eigenvalue weighted by Gasteiger charge is -2.38. The van der Waals surface area contributed by atoms with Gasteiger partial charge in [-0.05, 0) is 25.0 Å². The molecule has 2 N–H and O–H groups in total. The van der Waals surface area contributed by atoms with E-state index in [4.69, 9.17) is 4.74 Å². The number of amides is 3. The van der Waals surface area contributed by atoms with Crippen LogP contribution < -0.4 is 5.32 Å². The molecule has 2 aromatic rings. The summed E-state index contributed by atoms with van der Waals surface area (Å²) in [6, 6.07) is 6.44. The molecule has 0 spiro atoms. The molecular formula is C26H35N5O5S. The Hall–Kier alpha value is -2.86. The molecule has 1 aromatic heterocycles. The minimum absolute atomic E-state index is 0.0755. The number of benzene rings is 1. The van der Waals surface area contributed by atoms with Gasteiger partial charge in [0, 0.05) is 46.3 Å². The van der Waals surface area contributed by atoms with E-state index in [0.717, 1.165) is 21.7 Å². The van der Waals surface area contributed by atoms with Gasteiger partial charge in [0.25, 0.3) is 0 Å². The zero-order valence-corrected chi connectivity index (χ0v) is 22.4. The molecule has 3 heterocycles. The summed E-state index contributed by atoms with van der Waals surface area (Å²) in [5.41, 5.74) is 4.82.